The zero-order valence-corrected chi connectivity index (χ0v) is 20.6. The summed E-state index contributed by atoms with van der Waals surface area (Å²) in [4.78, 5) is 29.3. The van der Waals surface area contributed by atoms with E-state index in [9.17, 15) is 18.0 Å². The van der Waals surface area contributed by atoms with Gasteiger partial charge >= 0.3 is 0 Å². The molecule has 0 aromatic heterocycles. The van der Waals surface area contributed by atoms with Crippen LogP contribution in [0.3, 0.4) is 0 Å². The van der Waals surface area contributed by atoms with Crippen molar-refractivity contribution in [3.8, 4) is 0 Å². The standard InChI is InChI=1S/C19H40N6O7S/c1-5-31-18(32-6-2)14(8-7-9-23-19(21)22)24-17(27)15(10-12(3)4)25-16(26)13(20)11-33(28,29)30/h12-15,18H,5-11,20H2,1-4H3,(H,24,27)(H,25,26)(H4,21,22,23)(H,28,29,30). The molecule has 0 spiro atoms. The lowest BCUT2D eigenvalue weighted by Gasteiger charge is -2.30. The molecule has 14 heteroatoms. The van der Waals surface area contributed by atoms with Crippen molar-refractivity contribution in [2.24, 2.45) is 28.1 Å². The highest BCUT2D eigenvalue weighted by atomic mass is 32.2. The van der Waals surface area contributed by atoms with Crippen molar-refractivity contribution in [3.05, 3.63) is 0 Å². The van der Waals surface area contributed by atoms with Gasteiger partial charge in [0.1, 0.15) is 12.1 Å². The number of nitrogens with one attached hydrogen (secondary N) is 2. The van der Waals surface area contributed by atoms with Crippen LogP contribution in [0.4, 0.5) is 0 Å². The average Bonchev–Trinajstić information content (AvgIpc) is 2.67. The van der Waals surface area contributed by atoms with Gasteiger partial charge in [-0.05, 0) is 39.0 Å². The molecule has 0 saturated carbocycles. The normalized spacial score (nSPS) is 14.5. The molecule has 0 aliphatic heterocycles. The first-order valence-electron chi connectivity index (χ1n) is 10.9. The molecule has 0 aliphatic carbocycles. The summed E-state index contributed by atoms with van der Waals surface area (Å²) in [6, 6.07) is -3.09. The number of carbonyl (C=O) groups is 2. The van der Waals surface area contributed by atoms with Crippen molar-refractivity contribution in [3.63, 3.8) is 0 Å². The molecule has 0 bridgehead atoms. The molecular weight excluding hydrogens is 456 g/mol. The second-order valence-corrected chi connectivity index (χ2v) is 9.39. The Morgan fingerprint density at radius 3 is 2.09 bits per heavy atom. The Labute approximate surface area is 196 Å². The van der Waals surface area contributed by atoms with E-state index in [0.717, 1.165) is 0 Å². The van der Waals surface area contributed by atoms with Gasteiger partial charge in [-0.2, -0.15) is 8.42 Å². The van der Waals surface area contributed by atoms with Gasteiger partial charge in [-0.3, -0.25) is 19.1 Å². The topological polar surface area (TPSA) is 221 Å². The van der Waals surface area contributed by atoms with Gasteiger partial charge in [0.15, 0.2) is 12.2 Å². The lowest BCUT2D eigenvalue weighted by molar-refractivity contribution is -0.160. The smallest absolute Gasteiger partial charge is 0.266 e. The summed E-state index contributed by atoms with van der Waals surface area (Å²) < 4.78 is 42.2. The highest BCUT2D eigenvalue weighted by Gasteiger charge is 2.30. The molecule has 2 amide bonds. The first kappa shape index (κ1) is 31.0. The molecule has 194 valence electrons. The monoisotopic (exact) mass is 496 g/mol. The molecule has 3 atom stereocenters. The minimum atomic E-state index is -4.46. The summed E-state index contributed by atoms with van der Waals surface area (Å²) >= 11 is 0. The Kier molecular flexibility index (Phi) is 14.8. The van der Waals surface area contributed by atoms with E-state index in [-0.39, 0.29) is 18.3 Å². The molecule has 0 aromatic rings. The minimum absolute atomic E-state index is 0.0220. The van der Waals surface area contributed by atoms with E-state index in [1.165, 1.54) is 0 Å². The molecule has 0 rings (SSSR count). The Balaban J connectivity index is 5.48. The summed E-state index contributed by atoms with van der Waals surface area (Å²) in [5.41, 5.74) is 16.3. The number of ether oxygens (including phenoxy) is 2. The number of aliphatic imine (C=N–C) groups is 1. The van der Waals surface area contributed by atoms with Crippen LogP contribution in [0.2, 0.25) is 0 Å². The van der Waals surface area contributed by atoms with Gasteiger partial charge in [-0.15, -0.1) is 0 Å². The van der Waals surface area contributed by atoms with E-state index in [4.69, 9.17) is 31.2 Å². The fraction of sp³-hybridized carbons (Fsp3) is 0.842. The van der Waals surface area contributed by atoms with Crippen LogP contribution in [0.5, 0.6) is 0 Å². The van der Waals surface area contributed by atoms with E-state index < -0.39 is 52.1 Å². The van der Waals surface area contributed by atoms with Crippen molar-refractivity contribution < 1.29 is 32.0 Å². The van der Waals surface area contributed by atoms with E-state index in [0.29, 0.717) is 32.6 Å². The third-order valence-electron chi connectivity index (χ3n) is 4.35. The Hall–Kier alpha value is -2.00. The van der Waals surface area contributed by atoms with Gasteiger partial charge in [0, 0.05) is 19.8 Å². The maximum Gasteiger partial charge on any atom is 0.266 e. The van der Waals surface area contributed by atoms with Crippen LogP contribution < -0.4 is 27.8 Å². The maximum absolute atomic E-state index is 13.1. The lowest BCUT2D eigenvalue weighted by atomic mass is 10.0. The highest BCUT2D eigenvalue weighted by Crippen LogP contribution is 2.12. The van der Waals surface area contributed by atoms with E-state index in [1.54, 1.807) is 13.8 Å². The van der Waals surface area contributed by atoms with Gasteiger partial charge in [-0.1, -0.05) is 13.8 Å². The fourth-order valence-electron chi connectivity index (χ4n) is 2.97. The number of nitrogens with two attached hydrogens (primary N) is 3. The third kappa shape index (κ3) is 14.7. The number of nitrogens with zero attached hydrogens (tertiary/aromatic N) is 1. The summed E-state index contributed by atoms with van der Waals surface area (Å²) in [6.07, 6.45) is 0.489. The molecule has 9 N–H and O–H groups in total. The fourth-order valence-corrected chi connectivity index (χ4v) is 3.58. The molecule has 3 unspecified atom stereocenters. The number of carbonyl (C=O) groups excluding carboxylic acids is 2. The van der Waals surface area contributed by atoms with Gasteiger partial charge in [0.05, 0.1) is 11.8 Å². The first-order chi connectivity index (χ1) is 15.3. The Morgan fingerprint density at radius 2 is 1.64 bits per heavy atom. The number of guanidine groups is 1. The summed E-state index contributed by atoms with van der Waals surface area (Å²) in [7, 11) is -4.46. The van der Waals surface area contributed by atoms with Crippen LogP contribution in [-0.4, -0.2) is 80.7 Å². The Bertz CT molecular complexity index is 722. The number of amides is 2. The molecule has 13 nitrogen and oxygen atoms in total. The van der Waals surface area contributed by atoms with Gasteiger partial charge in [0.2, 0.25) is 11.8 Å². The zero-order chi connectivity index (χ0) is 25.6. The largest absolute Gasteiger partial charge is 0.370 e. The highest BCUT2D eigenvalue weighted by molar-refractivity contribution is 7.85. The van der Waals surface area contributed by atoms with Crippen LogP contribution >= 0.6 is 0 Å². The van der Waals surface area contributed by atoms with Crippen LogP contribution in [0.25, 0.3) is 0 Å². The summed E-state index contributed by atoms with van der Waals surface area (Å²) in [5, 5.41) is 5.32. The first-order valence-corrected chi connectivity index (χ1v) is 12.5. The van der Waals surface area contributed by atoms with E-state index in [2.05, 4.69) is 15.6 Å². The van der Waals surface area contributed by atoms with Crippen molar-refractivity contribution in [2.45, 2.75) is 71.4 Å². The van der Waals surface area contributed by atoms with Crippen molar-refractivity contribution in [1.82, 2.24) is 10.6 Å². The van der Waals surface area contributed by atoms with Crippen molar-refractivity contribution in [2.75, 3.05) is 25.5 Å². The quantitative estimate of drug-likeness (QED) is 0.0457. The predicted molar refractivity (Wildman–Crippen MR) is 125 cm³/mol. The lowest BCUT2D eigenvalue weighted by Crippen LogP contribution is -2.56. The molecule has 0 heterocycles. The molecule has 0 aliphatic rings. The van der Waals surface area contributed by atoms with Crippen LogP contribution in [0.1, 0.15) is 47.0 Å². The summed E-state index contributed by atoms with van der Waals surface area (Å²) in [6.45, 7) is 8.35. The zero-order valence-electron chi connectivity index (χ0n) is 19.8. The average molecular weight is 497 g/mol. The third-order valence-corrected chi connectivity index (χ3v) is 5.13. The van der Waals surface area contributed by atoms with Gasteiger partial charge < -0.3 is 37.3 Å². The predicted octanol–water partition coefficient (Wildman–Crippen LogP) is -1.33. The molecule has 0 aromatic carbocycles. The second-order valence-electron chi connectivity index (χ2n) is 7.89. The van der Waals surface area contributed by atoms with Crippen LogP contribution in [-0.2, 0) is 29.2 Å². The van der Waals surface area contributed by atoms with Crippen LogP contribution in [0, 0.1) is 5.92 Å². The maximum atomic E-state index is 13.1. The molecular formula is C19H40N6O7S. The Morgan fingerprint density at radius 1 is 1.06 bits per heavy atom. The molecule has 0 fully saturated rings. The van der Waals surface area contributed by atoms with Crippen molar-refractivity contribution >= 4 is 27.9 Å². The number of hydrogen-bond acceptors (Lipinski definition) is 8. The minimum Gasteiger partial charge on any atom is -0.370 e. The number of rotatable bonds is 17. The number of hydrogen-bond donors (Lipinski definition) is 6. The van der Waals surface area contributed by atoms with Crippen molar-refractivity contribution in [1.29, 1.82) is 0 Å². The molecule has 0 radical (unpaired) electrons. The van der Waals surface area contributed by atoms with Crippen LogP contribution in [0.15, 0.2) is 4.99 Å². The molecule has 33 heavy (non-hydrogen) atoms. The summed E-state index contributed by atoms with van der Waals surface area (Å²) in [5.74, 6) is -2.35. The van der Waals surface area contributed by atoms with E-state index >= 15 is 0 Å². The van der Waals surface area contributed by atoms with Gasteiger partial charge in [-0.25, -0.2) is 0 Å². The second kappa shape index (κ2) is 15.8. The SMILES string of the molecule is CCOC(OCC)C(CCCN=C(N)N)NC(=O)C(CC(C)C)NC(=O)C(N)CS(=O)(=O)O. The van der Waals surface area contributed by atoms with Gasteiger partial charge in [0.25, 0.3) is 10.1 Å². The van der Waals surface area contributed by atoms with E-state index in [1.807, 2.05) is 13.8 Å². The molecule has 0 saturated heterocycles.